The largest absolute Gasteiger partial charge is 0.497 e. The molecule has 33 heavy (non-hydrogen) atoms. The molecule has 0 heterocycles. The third-order valence-corrected chi connectivity index (χ3v) is 7.17. The number of hydrogen-bond acceptors (Lipinski definition) is 3. The molecular weight excluding hydrogens is 437 g/mol. The second kappa shape index (κ2) is 18.0. The van der Waals surface area contributed by atoms with E-state index in [1.165, 1.54) is 84.2 Å². The van der Waals surface area contributed by atoms with Crippen molar-refractivity contribution in [3.8, 4) is 5.75 Å². The number of nitrogens with one attached hydrogen (secondary N) is 1. The molecule has 1 aromatic carbocycles. The summed E-state index contributed by atoms with van der Waals surface area (Å²) in [6, 6.07) is 6.38. The van der Waals surface area contributed by atoms with E-state index in [1.807, 2.05) is 0 Å². The summed E-state index contributed by atoms with van der Waals surface area (Å²) in [5.74, 6) is -1.06. The SMILES string of the molecule is CCCCCCCCCCCCCCCCCC(=O)NC(c1ccc(OC)cc1)P(=O)(O)O. The van der Waals surface area contributed by atoms with Crippen LogP contribution in [-0.4, -0.2) is 22.8 Å². The third kappa shape index (κ3) is 14.5. The number of methoxy groups -OCH3 is 1. The van der Waals surface area contributed by atoms with E-state index in [0.717, 1.165) is 19.3 Å². The molecule has 0 saturated carbocycles. The number of benzene rings is 1. The molecule has 0 saturated heterocycles. The lowest BCUT2D eigenvalue weighted by Gasteiger charge is -2.20. The predicted octanol–water partition coefficient (Wildman–Crippen LogP) is 7.25. The Morgan fingerprint density at radius 1 is 0.818 bits per heavy atom. The highest BCUT2D eigenvalue weighted by Crippen LogP contribution is 2.50. The van der Waals surface area contributed by atoms with Crippen LogP contribution in [-0.2, 0) is 9.36 Å². The number of hydrogen-bond donors (Lipinski definition) is 3. The fraction of sp³-hybridized carbons (Fsp3) is 0.731. The summed E-state index contributed by atoms with van der Waals surface area (Å²) >= 11 is 0. The Balaban J connectivity index is 2.09. The maximum atomic E-state index is 12.3. The second-order valence-corrected chi connectivity index (χ2v) is 10.7. The van der Waals surface area contributed by atoms with E-state index < -0.39 is 13.4 Å². The first-order valence-corrected chi connectivity index (χ1v) is 14.5. The molecule has 0 aromatic heterocycles. The fourth-order valence-electron chi connectivity index (χ4n) is 4.03. The van der Waals surface area contributed by atoms with Crippen LogP contribution in [0, 0.1) is 0 Å². The maximum Gasteiger partial charge on any atom is 0.352 e. The molecule has 0 radical (unpaired) electrons. The van der Waals surface area contributed by atoms with E-state index in [9.17, 15) is 19.1 Å². The smallest absolute Gasteiger partial charge is 0.352 e. The Bertz CT molecular complexity index is 674. The van der Waals surface area contributed by atoms with Crippen LogP contribution in [0.5, 0.6) is 5.75 Å². The lowest BCUT2D eigenvalue weighted by Crippen LogP contribution is -2.28. The van der Waals surface area contributed by atoms with Gasteiger partial charge in [-0.25, -0.2) is 0 Å². The van der Waals surface area contributed by atoms with Crippen LogP contribution in [0.2, 0.25) is 0 Å². The molecule has 1 aromatic rings. The van der Waals surface area contributed by atoms with E-state index >= 15 is 0 Å². The minimum Gasteiger partial charge on any atom is -0.497 e. The molecule has 3 N–H and O–H groups in total. The van der Waals surface area contributed by atoms with Gasteiger partial charge in [-0.15, -0.1) is 0 Å². The van der Waals surface area contributed by atoms with Gasteiger partial charge in [0.05, 0.1) is 7.11 Å². The molecule has 1 rings (SSSR count). The monoisotopic (exact) mass is 483 g/mol. The zero-order chi connectivity index (χ0) is 24.4. The first-order valence-electron chi connectivity index (χ1n) is 12.9. The first kappa shape index (κ1) is 29.7. The van der Waals surface area contributed by atoms with Crippen LogP contribution < -0.4 is 10.1 Å². The van der Waals surface area contributed by atoms with Crippen molar-refractivity contribution in [3.63, 3.8) is 0 Å². The molecule has 0 spiro atoms. The molecule has 0 aliphatic rings. The van der Waals surface area contributed by atoms with Gasteiger partial charge >= 0.3 is 7.60 Å². The second-order valence-electron chi connectivity index (χ2n) is 9.03. The van der Waals surface area contributed by atoms with Crippen molar-refractivity contribution in [3.05, 3.63) is 29.8 Å². The maximum absolute atomic E-state index is 12.3. The molecule has 190 valence electrons. The molecule has 6 nitrogen and oxygen atoms in total. The van der Waals surface area contributed by atoms with Crippen molar-refractivity contribution in [2.75, 3.05) is 7.11 Å². The number of carbonyl (C=O) groups is 1. The Kier molecular flexibility index (Phi) is 16.2. The molecule has 1 atom stereocenters. The summed E-state index contributed by atoms with van der Waals surface area (Å²) < 4.78 is 17.0. The number of ether oxygens (including phenoxy) is 1. The Morgan fingerprint density at radius 3 is 1.64 bits per heavy atom. The van der Waals surface area contributed by atoms with Gasteiger partial charge in [0.25, 0.3) is 0 Å². The molecule has 1 unspecified atom stereocenters. The van der Waals surface area contributed by atoms with Gasteiger partial charge < -0.3 is 19.8 Å². The van der Waals surface area contributed by atoms with Gasteiger partial charge in [0, 0.05) is 6.42 Å². The summed E-state index contributed by atoms with van der Waals surface area (Å²) in [5.41, 5.74) is 0.369. The fourth-order valence-corrected chi connectivity index (χ4v) is 4.90. The Labute approximate surface area is 201 Å². The van der Waals surface area contributed by atoms with Gasteiger partial charge in [-0.05, 0) is 24.1 Å². The standard InChI is InChI=1S/C26H46NO5P/c1-3-4-5-6-7-8-9-10-11-12-13-14-15-16-17-18-25(28)27-26(33(29,30)31)23-19-21-24(32-2)22-20-23/h19-22,26H,3-18H2,1-2H3,(H,27,28)(H2,29,30,31). The Morgan fingerprint density at radius 2 is 1.24 bits per heavy atom. The van der Waals surface area contributed by atoms with Crippen LogP contribution in [0.25, 0.3) is 0 Å². The molecule has 7 heteroatoms. The summed E-state index contributed by atoms with van der Waals surface area (Å²) in [5, 5.41) is 2.52. The van der Waals surface area contributed by atoms with Crippen molar-refractivity contribution < 1.29 is 23.9 Å². The zero-order valence-electron chi connectivity index (χ0n) is 20.8. The summed E-state index contributed by atoms with van der Waals surface area (Å²) in [6.45, 7) is 2.26. The van der Waals surface area contributed by atoms with E-state index in [1.54, 1.807) is 24.3 Å². The molecule has 0 aliphatic carbocycles. The van der Waals surface area contributed by atoms with E-state index in [4.69, 9.17) is 4.74 Å². The van der Waals surface area contributed by atoms with Gasteiger partial charge in [-0.3, -0.25) is 9.36 Å². The topological polar surface area (TPSA) is 95.9 Å². The quantitative estimate of drug-likeness (QED) is 0.134. The van der Waals surface area contributed by atoms with Gasteiger partial charge in [-0.2, -0.15) is 0 Å². The predicted molar refractivity (Wildman–Crippen MR) is 135 cm³/mol. The van der Waals surface area contributed by atoms with Crippen LogP contribution in [0.4, 0.5) is 0 Å². The first-order chi connectivity index (χ1) is 15.9. The van der Waals surface area contributed by atoms with Crippen LogP contribution in [0.3, 0.4) is 0 Å². The lowest BCUT2D eigenvalue weighted by molar-refractivity contribution is -0.121. The zero-order valence-corrected chi connectivity index (χ0v) is 21.7. The van der Waals surface area contributed by atoms with E-state index in [-0.39, 0.29) is 12.3 Å². The number of carbonyl (C=O) groups excluding carboxylic acids is 1. The minimum atomic E-state index is -4.52. The molecular formula is C26H46NO5P. The number of amides is 1. The average molecular weight is 484 g/mol. The van der Waals surface area contributed by atoms with Crippen LogP contribution >= 0.6 is 7.60 Å². The average Bonchev–Trinajstić information content (AvgIpc) is 2.79. The highest BCUT2D eigenvalue weighted by molar-refractivity contribution is 7.52. The summed E-state index contributed by atoms with van der Waals surface area (Å²) in [7, 11) is -3.00. The number of unbranched alkanes of at least 4 members (excludes halogenated alkanes) is 14. The molecule has 0 fully saturated rings. The van der Waals surface area contributed by atoms with E-state index in [0.29, 0.717) is 11.3 Å². The summed E-state index contributed by atoms with van der Waals surface area (Å²) in [4.78, 5) is 31.6. The highest BCUT2D eigenvalue weighted by Gasteiger charge is 2.31. The van der Waals surface area contributed by atoms with Crippen molar-refractivity contribution in [2.45, 2.75) is 115 Å². The van der Waals surface area contributed by atoms with Crippen LogP contribution in [0.1, 0.15) is 121 Å². The normalized spacial score (nSPS) is 12.5. The molecule has 0 bridgehead atoms. The summed E-state index contributed by atoms with van der Waals surface area (Å²) in [6.07, 6.45) is 19.1. The van der Waals surface area contributed by atoms with E-state index in [2.05, 4.69) is 12.2 Å². The van der Waals surface area contributed by atoms with Crippen molar-refractivity contribution in [2.24, 2.45) is 0 Å². The van der Waals surface area contributed by atoms with Gasteiger partial charge in [-0.1, -0.05) is 109 Å². The van der Waals surface area contributed by atoms with Crippen molar-refractivity contribution >= 4 is 13.5 Å². The minimum absolute atomic E-state index is 0.283. The van der Waals surface area contributed by atoms with Crippen molar-refractivity contribution in [1.82, 2.24) is 5.32 Å². The number of rotatable bonds is 20. The Hall–Kier alpha value is -1.36. The van der Waals surface area contributed by atoms with Gasteiger partial charge in [0.15, 0.2) is 5.78 Å². The third-order valence-electron chi connectivity index (χ3n) is 6.07. The van der Waals surface area contributed by atoms with Crippen LogP contribution in [0.15, 0.2) is 24.3 Å². The van der Waals surface area contributed by atoms with Crippen molar-refractivity contribution in [1.29, 1.82) is 0 Å². The highest BCUT2D eigenvalue weighted by atomic mass is 31.2. The molecule has 0 aliphatic heterocycles. The van der Waals surface area contributed by atoms with Gasteiger partial charge in [0.2, 0.25) is 5.91 Å². The molecule has 1 amide bonds. The lowest BCUT2D eigenvalue weighted by atomic mass is 10.0. The van der Waals surface area contributed by atoms with Gasteiger partial charge in [0.1, 0.15) is 5.75 Å².